The van der Waals surface area contributed by atoms with Crippen LogP contribution in [0.4, 0.5) is 0 Å². The standard InChI is InChI=1S/C17H26N2O3S/c1-3-4-6-16-7-9-17(10-8-16)23(21,22)19-12-5-11-18(13-14-19)15(2)20/h7-10H,3-6,11-14H2,1-2H3. The minimum atomic E-state index is -3.48. The molecule has 1 saturated heterocycles. The molecule has 6 heteroatoms. The third-order valence-corrected chi connectivity index (χ3v) is 6.19. The molecule has 23 heavy (non-hydrogen) atoms. The average molecular weight is 338 g/mol. The Bertz CT molecular complexity index is 626. The van der Waals surface area contributed by atoms with Crippen LogP contribution in [0.2, 0.25) is 0 Å². The molecule has 1 fully saturated rings. The second kappa shape index (κ2) is 7.93. The van der Waals surface area contributed by atoms with Crippen molar-refractivity contribution in [1.82, 2.24) is 9.21 Å². The summed E-state index contributed by atoms with van der Waals surface area (Å²) >= 11 is 0. The van der Waals surface area contributed by atoms with Crippen LogP contribution >= 0.6 is 0 Å². The predicted molar refractivity (Wildman–Crippen MR) is 90.7 cm³/mol. The fourth-order valence-electron chi connectivity index (χ4n) is 2.81. The number of rotatable bonds is 5. The highest BCUT2D eigenvalue weighted by molar-refractivity contribution is 7.89. The minimum absolute atomic E-state index is 0.00419. The quantitative estimate of drug-likeness (QED) is 0.827. The van der Waals surface area contributed by atoms with Crippen molar-refractivity contribution in [3.8, 4) is 0 Å². The summed E-state index contributed by atoms with van der Waals surface area (Å²) in [6.45, 7) is 5.57. The van der Waals surface area contributed by atoms with E-state index in [0.29, 0.717) is 37.5 Å². The number of aryl methyl sites for hydroxylation is 1. The molecular weight excluding hydrogens is 312 g/mol. The van der Waals surface area contributed by atoms with E-state index in [1.807, 2.05) is 12.1 Å². The van der Waals surface area contributed by atoms with Crippen molar-refractivity contribution < 1.29 is 13.2 Å². The molecule has 5 nitrogen and oxygen atoms in total. The molecule has 1 aliphatic rings. The summed E-state index contributed by atoms with van der Waals surface area (Å²) in [4.78, 5) is 13.5. The van der Waals surface area contributed by atoms with Gasteiger partial charge in [0.25, 0.3) is 0 Å². The Kier molecular flexibility index (Phi) is 6.18. The van der Waals surface area contributed by atoms with E-state index in [4.69, 9.17) is 0 Å². The fourth-order valence-corrected chi connectivity index (χ4v) is 4.28. The third kappa shape index (κ3) is 4.54. The van der Waals surface area contributed by atoms with Crippen LogP contribution < -0.4 is 0 Å². The summed E-state index contributed by atoms with van der Waals surface area (Å²) in [6, 6.07) is 7.21. The van der Waals surface area contributed by atoms with Crippen LogP contribution in [-0.4, -0.2) is 49.7 Å². The molecule has 0 unspecified atom stereocenters. The summed E-state index contributed by atoms with van der Waals surface area (Å²) in [5, 5.41) is 0. The van der Waals surface area contributed by atoms with Gasteiger partial charge in [0.15, 0.2) is 0 Å². The number of benzene rings is 1. The molecule has 0 radical (unpaired) electrons. The van der Waals surface area contributed by atoms with E-state index < -0.39 is 10.0 Å². The van der Waals surface area contributed by atoms with E-state index in [-0.39, 0.29) is 5.91 Å². The molecule has 0 aromatic heterocycles. The lowest BCUT2D eigenvalue weighted by Gasteiger charge is -2.21. The number of carbonyl (C=O) groups is 1. The summed E-state index contributed by atoms with van der Waals surface area (Å²) in [5.74, 6) is 0.00419. The molecule has 0 spiro atoms. The smallest absolute Gasteiger partial charge is 0.243 e. The Morgan fingerprint density at radius 2 is 1.78 bits per heavy atom. The van der Waals surface area contributed by atoms with E-state index in [0.717, 1.165) is 19.3 Å². The number of sulfonamides is 1. The first-order chi connectivity index (χ1) is 10.9. The highest BCUT2D eigenvalue weighted by Crippen LogP contribution is 2.19. The van der Waals surface area contributed by atoms with E-state index in [1.54, 1.807) is 17.0 Å². The van der Waals surface area contributed by atoms with Gasteiger partial charge in [-0.25, -0.2) is 8.42 Å². The van der Waals surface area contributed by atoms with Gasteiger partial charge in [0.2, 0.25) is 15.9 Å². The van der Waals surface area contributed by atoms with Crippen molar-refractivity contribution in [2.24, 2.45) is 0 Å². The molecule has 1 amide bonds. The highest BCUT2D eigenvalue weighted by Gasteiger charge is 2.27. The predicted octanol–water partition coefficient (Wildman–Crippen LogP) is 2.27. The zero-order valence-corrected chi connectivity index (χ0v) is 14.8. The number of hydrogen-bond acceptors (Lipinski definition) is 3. The molecule has 1 aromatic carbocycles. The molecule has 2 rings (SSSR count). The largest absolute Gasteiger partial charge is 0.342 e. The topological polar surface area (TPSA) is 57.7 Å². The number of carbonyl (C=O) groups excluding carboxylic acids is 1. The number of unbranched alkanes of at least 4 members (excludes halogenated alkanes) is 1. The van der Waals surface area contributed by atoms with E-state index >= 15 is 0 Å². The number of amides is 1. The van der Waals surface area contributed by atoms with Gasteiger partial charge < -0.3 is 4.90 Å². The van der Waals surface area contributed by atoms with Crippen molar-refractivity contribution in [3.63, 3.8) is 0 Å². The van der Waals surface area contributed by atoms with Gasteiger partial charge in [-0.15, -0.1) is 0 Å². The lowest BCUT2D eigenvalue weighted by Crippen LogP contribution is -2.36. The number of hydrogen-bond donors (Lipinski definition) is 0. The van der Waals surface area contributed by atoms with Gasteiger partial charge in [-0.2, -0.15) is 4.31 Å². The first-order valence-corrected chi connectivity index (χ1v) is 9.73. The monoisotopic (exact) mass is 338 g/mol. The van der Waals surface area contributed by atoms with Crippen molar-refractivity contribution in [3.05, 3.63) is 29.8 Å². The van der Waals surface area contributed by atoms with Crippen molar-refractivity contribution in [2.45, 2.75) is 44.4 Å². The van der Waals surface area contributed by atoms with Crippen molar-refractivity contribution in [1.29, 1.82) is 0 Å². The van der Waals surface area contributed by atoms with Gasteiger partial charge in [0.1, 0.15) is 0 Å². The summed E-state index contributed by atoms with van der Waals surface area (Å²) in [5.41, 5.74) is 1.17. The Hall–Kier alpha value is -1.40. The van der Waals surface area contributed by atoms with Gasteiger partial charge in [-0.3, -0.25) is 4.79 Å². The van der Waals surface area contributed by atoms with Gasteiger partial charge in [-0.1, -0.05) is 25.5 Å². The SMILES string of the molecule is CCCCc1ccc(S(=O)(=O)N2CCCN(C(C)=O)CC2)cc1. The van der Waals surface area contributed by atoms with Crippen molar-refractivity contribution >= 4 is 15.9 Å². The van der Waals surface area contributed by atoms with Crippen LogP contribution in [0.15, 0.2) is 29.2 Å². The highest BCUT2D eigenvalue weighted by atomic mass is 32.2. The van der Waals surface area contributed by atoms with Crippen LogP contribution in [-0.2, 0) is 21.2 Å². The first kappa shape index (κ1) is 17.9. The summed E-state index contributed by atoms with van der Waals surface area (Å²) < 4.78 is 27.0. The maximum Gasteiger partial charge on any atom is 0.243 e. The van der Waals surface area contributed by atoms with Crippen LogP contribution in [0.1, 0.15) is 38.7 Å². The van der Waals surface area contributed by atoms with Crippen LogP contribution in [0.5, 0.6) is 0 Å². The van der Waals surface area contributed by atoms with Gasteiger partial charge >= 0.3 is 0 Å². The second-order valence-corrected chi connectivity index (χ2v) is 7.95. The Morgan fingerprint density at radius 3 is 2.39 bits per heavy atom. The molecule has 1 aliphatic heterocycles. The van der Waals surface area contributed by atoms with Gasteiger partial charge in [-0.05, 0) is 37.0 Å². The third-order valence-electron chi connectivity index (χ3n) is 4.28. The zero-order valence-electron chi connectivity index (χ0n) is 14.0. The van der Waals surface area contributed by atoms with E-state index in [9.17, 15) is 13.2 Å². The second-order valence-electron chi connectivity index (χ2n) is 6.01. The van der Waals surface area contributed by atoms with Gasteiger partial charge in [0, 0.05) is 33.1 Å². The lowest BCUT2D eigenvalue weighted by molar-refractivity contribution is -0.128. The maximum absolute atomic E-state index is 12.8. The fraction of sp³-hybridized carbons (Fsp3) is 0.588. The summed E-state index contributed by atoms with van der Waals surface area (Å²) in [7, 11) is -3.48. The van der Waals surface area contributed by atoms with E-state index in [1.165, 1.54) is 16.8 Å². The zero-order chi connectivity index (χ0) is 16.9. The lowest BCUT2D eigenvalue weighted by atomic mass is 10.1. The molecule has 0 atom stereocenters. The molecule has 0 bridgehead atoms. The molecule has 0 aliphatic carbocycles. The van der Waals surface area contributed by atoms with Crippen LogP contribution in [0, 0.1) is 0 Å². The Labute approximate surface area is 139 Å². The molecule has 0 N–H and O–H groups in total. The molecule has 1 heterocycles. The maximum atomic E-state index is 12.8. The first-order valence-electron chi connectivity index (χ1n) is 8.29. The Balaban J connectivity index is 2.10. The van der Waals surface area contributed by atoms with Crippen molar-refractivity contribution in [2.75, 3.05) is 26.2 Å². The molecule has 1 aromatic rings. The molecule has 128 valence electrons. The Morgan fingerprint density at radius 1 is 1.09 bits per heavy atom. The molecule has 0 saturated carbocycles. The number of nitrogens with zero attached hydrogens (tertiary/aromatic N) is 2. The molecular formula is C17H26N2O3S. The van der Waals surface area contributed by atoms with E-state index in [2.05, 4.69) is 6.92 Å². The normalized spacial score (nSPS) is 17.0. The summed E-state index contributed by atoms with van der Waals surface area (Å²) in [6.07, 6.45) is 3.89. The van der Waals surface area contributed by atoms with Gasteiger partial charge in [0.05, 0.1) is 4.90 Å². The van der Waals surface area contributed by atoms with Crippen LogP contribution in [0.3, 0.4) is 0 Å². The van der Waals surface area contributed by atoms with Crippen LogP contribution in [0.25, 0.3) is 0 Å². The minimum Gasteiger partial charge on any atom is -0.342 e. The average Bonchev–Trinajstić information content (AvgIpc) is 2.80.